The van der Waals surface area contributed by atoms with E-state index in [9.17, 15) is 19.6 Å². The Hall–Kier alpha value is -2.98. The standard InChI is InChI=1S/C24H33BN4O5/c1-14(2)11-18(27-24(31)22-17-8-6-5-7-16(17)9-10-26-22)19-13-20(34-29-19)23(30)28-21(25(32)33)12-15(3)4/h5-10,14-15,18,20-21,32-33H,11-13H2,1-4H3,(H,27,31)(H,28,30). The summed E-state index contributed by atoms with van der Waals surface area (Å²) in [6, 6.07) is 8.97. The molecule has 1 aromatic carbocycles. The van der Waals surface area contributed by atoms with Crippen LogP contribution in [0.2, 0.25) is 0 Å². The zero-order valence-corrected chi connectivity index (χ0v) is 20.1. The molecule has 3 rings (SSSR count). The predicted molar refractivity (Wildman–Crippen MR) is 131 cm³/mol. The maximum absolute atomic E-state index is 13.1. The van der Waals surface area contributed by atoms with Crippen molar-refractivity contribution in [3.63, 3.8) is 0 Å². The highest BCUT2D eigenvalue weighted by Crippen LogP contribution is 2.20. The number of carbonyl (C=O) groups is 2. The molecular formula is C24H33BN4O5. The Kier molecular flexibility index (Phi) is 8.63. The largest absolute Gasteiger partial charge is 0.475 e. The Morgan fingerprint density at radius 3 is 2.47 bits per heavy atom. The van der Waals surface area contributed by atoms with Crippen LogP contribution in [0.1, 0.15) is 57.4 Å². The molecule has 4 N–H and O–H groups in total. The Morgan fingerprint density at radius 2 is 1.79 bits per heavy atom. The molecular weight excluding hydrogens is 435 g/mol. The molecule has 0 spiro atoms. The maximum atomic E-state index is 13.1. The highest BCUT2D eigenvalue weighted by Gasteiger charge is 2.36. The Morgan fingerprint density at radius 1 is 1.09 bits per heavy atom. The summed E-state index contributed by atoms with van der Waals surface area (Å²) in [5.41, 5.74) is 0.890. The molecule has 2 heterocycles. The summed E-state index contributed by atoms with van der Waals surface area (Å²) in [7, 11) is -1.67. The second kappa shape index (κ2) is 11.4. The monoisotopic (exact) mass is 468 g/mol. The maximum Gasteiger partial charge on any atom is 0.475 e. The lowest BCUT2D eigenvalue weighted by Gasteiger charge is -2.22. The molecule has 0 bridgehead atoms. The second-order valence-corrected chi connectivity index (χ2v) is 9.58. The van der Waals surface area contributed by atoms with E-state index in [1.165, 1.54) is 0 Å². The van der Waals surface area contributed by atoms with Crippen LogP contribution in [0, 0.1) is 11.8 Å². The van der Waals surface area contributed by atoms with Crippen molar-refractivity contribution in [2.45, 2.75) is 65.0 Å². The number of benzene rings is 1. The minimum absolute atomic E-state index is 0.164. The van der Waals surface area contributed by atoms with Gasteiger partial charge in [-0.1, -0.05) is 57.1 Å². The van der Waals surface area contributed by atoms with Gasteiger partial charge in [-0.3, -0.25) is 14.6 Å². The highest BCUT2D eigenvalue weighted by molar-refractivity contribution is 6.43. The van der Waals surface area contributed by atoms with Gasteiger partial charge in [-0.05, 0) is 36.1 Å². The van der Waals surface area contributed by atoms with Gasteiger partial charge in [-0.2, -0.15) is 0 Å². The first-order chi connectivity index (χ1) is 16.2. The van der Waals surface area contributed by atoms with E-state index in [1.54, 1.807) is 6.20 Å². The van der Waals surface area contributed by atoms with Gasteiger partial charge < -0.3 is 25.5 Å². The lowest BCUT2D eigenvalue weighted by molar-refractivity contribution is -0.131. The van der Waals surface area contributed by atoms with Crippen LogP contribution in [0.3, 0.4) is 0 Å². The molecule has 1 aliphatic heterocycles. The summed E-state index contributed by atoms with van der Waals surface area (Å²) in [5, 5.41) is 30.6. The molecule has 1 aromatic heterocycles. The number of nitrogens with one attached hydrogen (secondary N) is 2. The fraction of sp³-hybridized carbons (Fsp3) is 0.500. The molecule has 2 aromatic rings. The van der Waals surface area contributed by atoms with E-state index in [1.807, 2.05) is 58.0 Å². The highest BCUT2D eigenvalue weighted by atomic mass is 16.6. The first kappa shape index (κ1) is 25.6. The van der Waals surface area contributed by atoms with Gasteiger partial charge >= 0.3 is 7.12 Å². The number of hydrogen-bond acceptors (Lipinski definition) is 7. The summed E-state index contributed by atoms with van der Waals surface area (Å²) < 4.78 is 0. The number of oxime groups is 1. The van der Waals surface area contributed by atoms with Gasteiger partial charge in [0.15, 0.2) is 0 Å². The van der Waals surface area contributed by atoms with Crippen LogP contribution in [0.5, 0.6) is 0 Å². The summed E-state index contributed by atoms with van der Waals surface area (Å²) in [4.78, 5) is 35.5. The summed E-state index contributed by atoms with van der Waals surface area (Å²) >= 11 is 0. The van der Waals surface area contributed by atoms with Crippen molar-refractivity contribution >= 4 is 35.4 Å². The lowest BCUT2D eigenvalue weighted by Crippen LogP contribution is -2.50. The van der Waals surface area contributed by atoms with E-state index < -0.39 is 31.1 Å². The van der Waals surface area contributed by atoms with Gasteiger partial charge in [0, 0.05) is 18.0 Å². The van der Waals surface area contributed by atoms with Gasteiger partial charge in [-0.15, -0.1) is 0 Å². The average molecular weight is 468 g/mol. The van der Waals surface area contributed by atoms with Crippen LogP contribution in [-0.2, 0) is 9.63 Å². The Balaban J connectivity index is 1.70. The van der Waals surface area contributed by atoms with Crippen molar-refractivity contribution < 1.29 is 24.5 Å². The zero-order valence-electron chi connectivity index (χ0n) is 20.1. The van der Waals surface area contributed by atoms with Crippen molar-refractivity contribution in [1.29, 1.82) is 0 Å². The van der Waals surface area contributed by atoms with Crippen LogP contribution in [0.15, 0.2) is 41.7 Å². The van der Waals surface area contributed by atoms with Gasteiger partial charge in [0.25, 0.3) is 11.8 Å². The zero-order chi connectivity index (χ0) is 24.8. The molecule has 3 atom stereocenters. The van der Waals surface area contributed by atoms with Crippen molar-refractivity contribution in [2.24, 2.45) is 17.0 Å². The number of nitrogens with zero attached hydrogens (tertiary/aromatic N) is 2. The smallest absolute Gasteiger partial charge is 0.426 e. The van der Waals surface area contributed by atoms with Gasteiger partial charge in [0.1, 0.15) is 5.69 Å². The van der Waals surface area contributed by atoms with Gasteiger partial charge in [0.05, 0.1) is 17.7 Å². The molecule has 0 fully saturated rings. The van der Waals surface area contributed by atoms with Gasteiger partial charge in [0.2, 0.25) is 6.10 Å². The number of fused-ring (bicyclic) bond motifs is 1. The Labute approximate surface area is 200 Å². The molecule has 34 heavy (non-hydrogen) atoms. The molecule has 10 heteroatoms. The van der Waals surface area contributed by atoms with Crippen LogP contribution >= 0.6 is 0 Å². The fourth-order valence-electron chi connectivity index (χ4n) is 4.06. The molecule has 0 radical (unpaired) electrons. The summed E-state index contributed by atoms with van der Waals surface area (Å²) in [6.45, 7) is 7.93. The minimum Gasteiger partial charge on any atom is -0.426 e. The number of hydrogen-bond donors (Lipinski definition) is 4. The molecule has 0 saturated carbocycles. The SMILES string of the molecule is CC(C)CC(NC(=O)C1CC(C(CC(C)C)NC(=O)c2nccc3ccccc23)=NO1)B(O)O. The van der Waals surface area contributed by atoms with E-state index in [0.717, 1.165) is 10.8 Å². The molecule has 1 aliphatic rings. The average Bonchev–Trinajstić information content (AvgIpc) is 3.27. The third-order valence-electron chi connectivity index (χ3n) is 5.70. The molecule has 0 saturated heterocycles. The van der Waals surface area contributed by atoms with Gasteiger partial charge in [-0.25, -0.2) is 0 Å². The summed E-state index contributed by atoms with van der Waals surface area (Å²) in [6.07, 6.45) is 1.92. The molecule has 2 amide bonds. The van der Waals surface area contributed by atoms with E-state index in [2.05, 4.69) is 20.8 Å². The molecule has 3 unspecified atom stereocenters. The summed E-state index contributed by atoms with van der Waals surface area (Å²) in [5.74, 6) is -1.18. The normalized spacial score (nSPS) is 17.3. The fourth-order valence-corrected chi connectivity index (χ4v) is 4.06. The number of carbonyl (C=O) groups excluding carboxylic acids is 2. The Bertz CT molecular complexity index is 1040. The lowest BCUT2D eigenvalue weighted by atomic mass is 9.75. The van der Waals surface area contributed by atoms with E-state index in [4.69, 9.17) is 4.84 Å². The molecule has 182 valence electrons. The van der Waals surface area contributed by atoms with Crippen molar-refractivity contribution in [2.75, 3.05) is 0 Å². The first-order valence-corrected chi connectivity index (χ1v) is 11.7. The topological polar surface area (TPSA) is 133 Å². The molecule has 0 aliphatic carbocycles. The predicted octanol–water partition coefficient (Wildman–Crippen LogP) is 2.07. The van der Waals surface area contributed by atoms with Crippen LogP contribution in [-0.4, -0.2) is 57.8 Å². The van der Waals surface area contributed by atoms with E-state index >= 15 is 0 Å². The van der Waals surface area contributed by atoms with Crippen LogP contribution < -0.4 is 10.6 Å². The quantitative estimate of drug-likeness (QED) is 0.395. The number of pyridine rings is 1. The first-order valence-electron chi connectivity index (χ1n) is 11.7. The van der Waals surface area contributed by atoms with Crippen molar-refractivity contribution in [3.05, 3.63) is 42.2 Å². The molecule has 9 nitrogen and oxygen atoms in total. The minimum atomic E-state index is -1.67. The third-order valence-corrected chi connectivity index (χ3v) is 5.70. The van der Waals surface area contributed by atoms with Crippen LogP contribution in [0.4, 0.5) is 0 Å². The number of amides is 2. The van der Waals surface area contributed by atoms with E-state index in [0.29, 0.717) is 24.2 Å². The van der Waals surface area contributed by atoms with Crippen molar-refractivity contribution in [3.8, 4) is 0 Å². The van der Waals surface area contributed by atoms with E-state index in [-0.39, 0.29) is 24.2 Å². The second-order valence-electron chi connectivity index (χ2n) is 9.58. The van der Waals surface area contributed by atoms with Crippen LogP contribution in [0.25, 0.3) is 10.8 Å². The third kappa shape index (κ3) is 6.54. The van der Waals surface area contributed by atoms with Crippen molar-refractivity contribution in [1.82, 2.24) is 15.6 Å². The number of rotatable bonds is 10. The number of aromatic nitrogens is 1.